The molecule has 1 aliphatic rings. The van der Waals surface area contributed by atoms with Crippen LogP contribution in [-0.4, -0.2) is 48.5 Å². The Morgan fingerprint density at radius 1 is 1.11 bits per heavy atom. The van der Waals surface area contributed by atoms with Crippen LogP contribution in [0.4, 0.5) is 4.39 Å². The monoisotopic (exact) mass is 373 g/mol. The van der Waals surface area contributed by atoms with E-state index in [9.17, 15) is 9.50 Å². The van der Waals surface area contributed by atoms with E-state index in [1.807, 2.05) is 30.3 Å². The number of hydrogen-bond donors (Lipinski definition) is 1. The van der Waals surface area contributed by atoms with Crippen molar-refractivity contribution in [3.8, 4) is 0 Å². The summed E-state index contributed by atoms with van der Waals surface area (Å²) in [5.41, 5.74) is 2.11. The van der Waals surface area contributed by atoms with E-state index in [0.717, 1.165) is 37.1 Å². The Labute approximate surface area is 160 Å². The van der Waals surface area contributed by atoms with Crippen molar-refractivity contribution < 1.29 is 19.0 Å². The Morgan fingerprint density at radius 3 is 2.59 bits per heavy atom. The van der Waals surface area contributed by atoms with Crippen molar-refractivity contribution in [2.75, 3.05) is 26.3 Å². The van der Waals surface area contributed by atoms with E-state index in [1.54, 1.807) is 12.1 Å². The van der Waals surface area contributed by atoms with Crippen LogP contribution in [0.5, 0.6) is 0 Å². The summed E-state index contributed by atoms with van der Waals surface area (Å²) in [6.07, 6.45) is 1.73. The molecule has 1 aliphatic heterocycles. The van der Waals surface area contributed by atoms with Gasteiger partial charge in [0.05, 0.1) is 25.4 Å². The van der Waals surface area contributed by atoms with Crippen molar-refractivity contribution in [1.82, 2.24) is 4.90 Å². The minimum Gasteiger partial charge on any atom is -0.389 e. The van der Waals surface area contributed by atoms with Gasteiger partial charge in [0, 0.05) is 26.2 Å². The summed E-state index contributed by atoms with van der Waals surface area (Å²) >= 11 is 0. The van der Waals surface area contributed by atoms with Gasteiger partial charge in [0.15, 0.2) is 0 Å². The second-order valence-electron chi connectivity index (χ2n) is 7.11. The third kappa shape index (κ3) is 7.03. The highest BCUT2D eigenvalue weighted by molar-refractivity contribution is 5.16. The minimum atomic E-state index is -0.587. The molecular formula is C22H28FNO3. The highest BCUT2D eigenvalue weighted by Gasteiger charge is 2.21. The largest absolute Gasteiger partial charge is 0.389 e. The molecule has 0 amide bonds. The van der Waals surface area contributed by atoms with Crippen LogP contribution in [-0.2, 0) is 22.6 Å². The number of nitrogens with zero attached hydrogens (tertiary/aromatic N) is 1. The normalized spacial score (nSPS) is 18.1. The molecule has 1 N–H and O–H groups in total. The molecule has 1 saturated heterocycles. The number of aliphatic hydroxyl groups is 1. The summed E-state index contributed by atoms with van der Waals surface area (Å²) in [5.74, 6) is -0.237. The number of aliphatic hydroxyl groups excluding tert-OH is 1. The Hall–Kier alpha value is -1.79. The highest BCUT2D eigenvalue weighted by atomic mass is 19.1. The van der Waals surface area contributed by atoms with Gasteiger partial charge in [-0.3, -0.25) is 4.90 Å². The lowest BCUT2D eigenvalue weighted by Crippen LogP contribution is -2.39. The van der Waals surface area contributed by atoms with Gasteiger partial charge in [0.25, 0.3) is 0 Å². The van der Waals surface area contributed by atoms with Gasteiger partial charge in [0.2, 0.25) is 0 Å². The highest BCUT2D eigenvalue weighted by Crippen LogP contribution is 2.16. The second-order valence-corrected chi connectivity index (χ2v) is 7.11. The molecule has 4 nitrogen and oxygen atoms in total. The third-order valence-electron chi connectivity index (χ3n) is 4.70. The summed E-state index contributed by atoms with van der Waals surface area (Å²) < 4.78 is 24.6. The fourth-order valence-corrected chi connectivity index (χ4v) is 3.37. The summed E-state index contributed by atoms with van der Waals surface area (Å²) in [6, 6.07) is 16.4. The minimum absolute atomic E-state index is 0.197. The number of ether oxygens (including phenoxy) is 2. The van der Waals surface area contributed by atoms with Gasteiger partial charge in [-0.05, 0) is 36.1 Å². The molecule has 1 heterocycles. The molecule has 1 fully saturated rings. The van der Waals surface area contributed by atoms with Crippen molar-refractivity contribution >= 4 is 0 Å². The van der Waals surface area contributed by atoms with Crippen molar-refractivity contribution in [1.29, 1.82) is 0 Å². The van der Waals surface area contributed by atoms with Gasteiger partial charge < -0.3 is 14.6 Å². The summed E-state index contributed by atoms with van der Waals surface area (Å²) in [4.78, 5) is 2.17. The maximum Gasteiger partial charge on any atom is 0.123 e. The lowest BCUT2D eigenvalue weighted by Gasteiger charge is -2.27. The summed E-state index contributed by atoms with van der Waals surface area (Å²) in [6.45, 7) is 3.47. The van der Waals surface area contributed by atoms with Crippen LogP contribution in [0, 0.1) is 5.82 Å². The molecule has 0 bridgehead atoms. The molecule has 2 aromatic carbocycles. The fraction of sp³-hybridized carbons (Fsp3) is 0.455. The Bertz CT molecular complexity index is 659. The lowest BCUT2D eigenvalue weighted by molar-refractivity contribution is -0.00287. The van der Waals surface area contributed by atoms with Gasteiger partial charge in [-0.15, -0.1) is 0 Å². The van der Waals surface area contributed by atoms with E-state index >= 15 is 0 Å². The number of hydrogen-bond acceptors (Lipinski definition) is 4. The summed E-state index contributed by atoms with van der Waals surface area (Å²) in [5, 5.41) is 10.4. The van der Waals surface area contributed by atoms with Crippen LogP contribution >= 0.6 is 0 Å². The second kappa shape index (κ2) is 10.5. The van der Waals surface area contributed by atoms with E-state index in [4.69, 9.17) is 9.47 Å². The summed E-state index contributed by atoms with van der Waals surface area (Å²) in [7, 11) is 0. The van der Waals surface area contributed by atoms with Crippen LogP contribution in [0.25, 0.3) is 0 Å². The van der Waals surface area contributed by atoms with Gasteiger partial charge >= 0.3 is 0 Å². The lowest BCUT2D eigenvalue weighted by atomic mass is 10.1. The average Bonchev–Trinajstić information content (AvgIpc) is 3.17. The van der Waals surface area contributed by atoms with Crippen LogP contribution in [0.15, 0.2) is 54.6 Å². The fourth-order valence-electron chi connectivity index (χ4n) is 3.37. The first-order valence-electron chi connectivity index (χ1n) is 9.57. The maximum atomic E-state index is 13.2. The molecule has 0 radical (unpaired) electrons. The van der Waals surface area contributed by atoms with Crippen molar-refractivity contribution in [3.05, 3.63) is 71.5 Å². The van der Waals surface area contributed by atoms with Gasteiger partial charge in [-0.2, -0.15) is 0 Å². The predicted octanol–water partition coefficient (Wildman–Crippen LogP) is 3.38. The standard InChI is InChI=1S/C22H28FNO3/c23-20-10-8-18(9-11-20)13-24(15-22-7-4-12-27-22)14-21(25)17-26-16-19-5-2-1-3-6-19/h1-3,5-6,8-11,21-22,25H,4,7,12-17H2/t21-,22-/m1/s1. The quantitative estimate of drug-likeness (QED) is 0.693. The van der Waals surface area contributed by atoms with Crippen LogP contribution in [0.3, 0.4) is 0 Å². The molecule has 3 rings (SSSR count). The van der Waals surface area contributed by atoms with Crippen molar-refractivity contribution in [2.24, 2.45) is 0 Å². The zero-order valence-corrected chi connectivity index (χ0v) is 15.6. The predicted molar refractivity (Wildman–Crippen MR) is 103 cm³/mol. The molecule has 146 valence electrons. The van der Waals surface area contributed by atoms with E-state index in [2.05, 4.69) is 4.90 Å². The van der Waals surface area contributed by atoms with Gasteiger partial charge in [0.1, 0.15) is 5.82 Å². The first kappa shape index (κ1) is 20.0. The molecule has 0 spiro atoms. The molecule has 5 heteroatoms. The third-order valence-corrected chi connectivity index (χ3v) is 4.70. The Morgan fingerprint density at radius 2 is 1.89 bits per heavy atom. The number of benzene rings is 2. The number of halogens is 1. The molecule has 0 saturated carbocycles. The number of rotatable bonds is 10. The zero-order chi connectivity index (χ0) is 18.9. The van der Waals surface area contributed by atoms with Gasteiger partial charge in [-0.1, -0.05) is 42.5 Å². The molecule has 0 aromatic heterocycles. The molecule has 27 heavy (non-hydrogen) atoms. The molecular weight excluding hydrogens is 345 g/mol. The van der Waals surface area contributed by atoms with Crippen molar-refractivity contribution in [3.63, 3.8) is 0 Å². The Balaban J connectivity index is 1.50. The van der Waals surface area contributed by atoms with E-state index in [1.165, 1.54) is 12.1 Å². The van der Waals surface area contributed by atoms with Gasteiger partial charge in [-0.25, -0.2) is 4.39 Å². The van der Waals surface area contributed by atoms with Crippen LogP contribution in [0.1, 0.15) is 24.0 Å². The molecule has 2 aromatic rings. The smallest absolute Gasteiger partial charge is 0.123 e. The van der Waals surface area contributed by atoms with E-state index in [0.29, 0.717) is 19.7 Å². The van der Waals surface area contributed by atoms with E-state index in [-0.39, 0.29) is 18.5 Å². The topological polar surface area (TPSA) is 41.9 Å². The molecule has 0 aliphatic carbocycles. The molecule has 0 unspecified atom stereocenters. The van der Waals surface area contributed by atoms with Crippen LogP contribution < -0.4 is 0 Å². The van der Waals surface area contributed by atoms with Crippen molar-refractivity contribution in [2.45, 2.75) is 38.2 Å². The van der Waals surface area contributed by atoms with E-state index < -0.39 is 6.10 Å². The first-order valence-corrected chi connectivity index (χ1v) is 9.57. The van der Waals surface area contributed by atoms with Crippen LogP contribution in [0.2, 0.25) is 0 Å². The first-order chi connectivity index (χ1) is 13.2. The molecule has 2 atom stereocenters. The SMILES string of the molecule is O[C@@H](COCc1ccccc1)CN(Cc1ccc(F)cc1)C[C@H]1CCCO1. The maximum absolute atomic E-state index is 13.2. The zero-order valence-electron chi connectivity index (χ0n) is 15.6. The Kier molecular flexibility index (Phi) is 7.78. The average molecular weight is 373 g/mol.